The van der Waals surface area contributed by atoms with Gasteiger partial charge in [0, 0.05) is 20.0 Å². The highest BCUT2D eigenvalue weighted by molar-refractivity contribution is 7.17. The van der Waals surface area contributed by atoms with Crippen LogP contribution >= 0.6 is 11.3 Å². The molecule has 1 aromatic rings. The quantitative estimate of drug-likeness (QED) is 0.728. The Bertz CT molecular complexity index is 533. The number of hydrogen-bond acceptors (Lipinski definition) is 5. The molecular formula is C11H13F3N4OS. The second kappa shape index (κ2) is 6.47. The molecule has 0 bridgehead atoms. The molecule has 0 aliphatic carbocycles. The van der Waals surface area contributed by atoms with Crippen LogP contribution < -0.4 is 16.4 Å². The van der Waals surface area contributed by atoms with Crippen LogP contribution in [0.15, 0.2) is 0 Å². The van der Waals surface area contributed by atoms with Crippen LogP contribution in [0, 0.1) is 11.3 Å². The lowest BCUT2D eigenvalue weighted by Crippen LogP contribution is -2.20. The number of carbonyl (C=O) groups excluding carboxylic acids is 1. The molecule has 0 saturated heterocycles. The van der Waals surface area contributed by atoms with Crippen LogP contribution in [0.4, 0.5) is 23.9 Å². The Hall–Kier alpha value is -1.95. The molecule has 0 aliphatic rings. The van der Waals surface area contributed by atoms with Crippen LogP contribution in [0.3, 0.4) is 0 Å². The van der Waals surface area contributed by atoms with Crippen molar-refractivity contribution in [1.29, 1.82) is 5.26 Å². The number of anilines is 2. The van der Waals surface area contributed by atoms with E-state index in [0.717, 1.165) is 11.3 Å². The third-order valence-electron chi connectivity index (χ3n) is 2.42. The molecule has 0 aliphatic heterocycles. The van der Waals surface area contributed by atoms with Gasteiger partial charge in [0.15, 0.2) is 0 Å². The van der Waals surface area contributed by atoms with Crippen molar-refractivity contribution in [2.75, 3.05) is 24.6 Å². The fraction of sp³-hybridized carbons (Fsp3) is 0.455. The summed E-state index contributed by atoms with van der Waals surface area (Å²) in [5.41, 5.74) is 5.81. The standard InChI is InChI=1S/C11H13F3N4OS/c1-17-9(19)7-8(16)6(5-15)20-10(7)18-4-2-3-11(12,13)14/h18H,2-4,16H2,1H3,(H,17,19). The number of thiophene rings is 1. The highest BCUT2D eigenvalue weighted by Gasteiger charge is 2.26. The summed E-state index contributed by atoms with van der Waals surface area (Å²) in [7, 11) is 1.40. The van der Waals surface area contributed by atoms with Crippen LogP contribution in [0.2, 0.25) is 0 Å². The fourth-order valence-corrected chi connectivity index (χ4v) is 2.43. The third kappa shape index (κ3) is 4.03. The van der Waals surface area contributed by atoms with E-state index in [1.165, 1.54) is 7.05 Å². The lowest BCUT2D eigenvalue weighted by molar-refractivity contribution is -0.134. The summed E-state index contributed by atoms with van der Waals surface area (Å²) in [5.74, 6) is -0.487. The second-order valence-electron chi connectivity index (χ2n) is 3.89. The largest absolute Gasteiger partial charge is 0.396 e. The van der Waals surface area contributed by atoms with Gasteiger partial charge in [-0.2, -0.15) is 18.4 Å². The zero-order chi connectivity index (χ0) is 15.3. The number of nitrogen functional groups attached to an aromatic ring is 1. The summed E-state index contributed by atoms with van der Waals surface area (Å²) in [5, 5.41) is 14.3. The maximum Gasteiger partial charge on any atom is 0.389 e. The molecule has 1 rings (SSSR count). The van der Waals surface area contributed by atoms with E-state index in [-0.39, 0.29) is 29.1 Å². The highest BCUT2D eigenvalue weighted by atomic mass is 32.1. The van der Waals surface area contributed by atoms with Crippen molar-refractivity contribution in [3.8, 4) is 6.07 Å². The minimum Gasteiger partial charge on any atom is -0.396 e. The van der Waals surface area contributed by atoms with Crippen LogP contribution in [-0.2, 0) is 0 Å². The Morgan fingerprint density at radius 2 is 2.15 bits per heavy atom. The van der Waals surface area contributed by atoms with Gasteiger partial charge in [0.1, 0.15) is 15.9 Å². The normalized spacial score (nSPS) is 10.9. The maximum absolute atomic E-state index is 12.0. The molecule has 0 radical (unpaired) electrons. The molecule has 110 valence electrons. The van der Waals surface area contributed by atoms with Gasteiger partial charge in [0.05, 0.1) is 11.3 Å². The maximum atomic E-state index is 12.0. The van der Waals surface area contributed by atoms with Gasteiger partial charge in [0.2, 0.25) is 0 Å². The number of halogens is 3. The molecular weight excluding hydrogens is 293 g/mol. The molecule has 1 amide bonds. The summed E-state index contributed by atoms with van der Waals surface area (Å²) < 4.78 is 36.0. The van der Waals surface area contributed by atoms with E-state index in [1.54, 1.807) is 0 Å². The van der Waals surface area contributed by atoms with E-state index in [0.29, 0.717) is 5.00 Å². The average molecular weight is 306 g/mol. The van der Waals surface area contributed by atoms with Gasteiger partial charge in [-0.15, -0.1) is 11.3 Å². The number of nitrogens with zero attached hydrogens (tertiary/aromatic N) is 1. The van der Waals surface area contributed by atoms with Crippen LogP contribution in [-0.4, -0.2) is 25.7 Å². The fourth-order valence-electron chi connectivity index (χ4n) is 1.49. The average Bonchev–Trinajstić information content (AvgIpc) is 2.69. The Balaban J connectivity index is 2.79. The number of nitrogens with two attached hydrogens (primary N) is 1. The minimum absolute atomic E-state index is 0.0360. The zero-order valence-corrected chi connectivity index (χ0v) is 11.4. The number of carbonyl (C=O) groups is 1. The predicted octanol–water partition coefficient (Wildman–Crippen LogP) is 2.32. The summed E-state index contributed by atoms with van der Waals surface area (Å²) in [6, 6.07) is 1.84. The van der Waals surface area contributed by atoms with Crippen molar-refractivity contribution in [3.05, 3.63) is 10.4 Å². The Kier molecular flexibility index (Phi) is 5.21. The van der Waals surface area contributed by atoms with Crippen LogP contribution in [0.25, 0.3) is 0 Å². The Morgan fingerprint density at radius 1 is 1.50 bits per heavy atom. The molecule has 0 unspecified atom stereocenters. The molecule has 0 aromatic carbocycles. The van der Waals surface area contributed by atoms with E-state index in [1.807, 2.05) is 6.07 Å². The van der Waals surface area contributed by atoms with Gasteiger partial charge in [-0.25, -0.2) is 0 Å². The summed E-state index contributed by atoms with van der Waals surface area (Å²) >= 11 is 0.948. The predicted molar refractivity (Wildman–Crippen MR) is 70.6 cm³/mol. The molecule has 9 heteroatoms. The van der Waals surface area contributed by atoms with E-state index in [4.69, 9.17) is 11.0 Å². The number of hydrogen-bond donors (Lipinski definition) is 3. The van der Waals surface area contributed by atoms with Crippen LogP contribution in [0.1, 0.15) is 28.1 Å². The van der Waals surface area contributed by atoms with Gasteiger partial charge < -0.3 is 16.4 Å². The van der Waals surface area contributed by atoms with E-state index >= 15 is 0 Å². The third-order valence-corrected chi connectivity index (χ3v) is 3.49. The van der Waals surface area contributed by atoms with Crippen molar-refractivity contribution in [1.82, 2.24) is 5.32 Å². The number of nitriles is 1. The van der Waals surface area contributed by atoms with Crippen molar-refractivity contribution >= 4 is 27.9 Å². The molecule has 5 nitrogen and oxygen atoms in total. The van der Waals surface area contributed by atoms with Gasteiger partial charge >= 0.3 is 6.18 Å². The number of rotatable bonds is 5. The molecule has 20 heavy (non-hydrogen) atoms. The van der Waals surface area contributed by atoms with Crippen LogP contribution in [0.5, 0.6) is 0 Å². The summed E-state index contributed by atoms with van der Waals surface area (Å²) in [6.07, 6.45) is -5.25. The minimum atomic E-state index is -4.21. The lowest BCUT2D eigenvalue weighted by Gasteiger charge is -2.08. The van der Waals surface area contributed by atoms with Gasteiger partial charge in [-0.1, -0.05) is 0 Å². The Morgan fingerprint density at radius 3 is 2.65 bits per heavy atom. The molecule has 1 aromatic heterocycles. The smallest absolute Gasteiger partial charge is 0.389 e. The first-order valence-corrected chi connectivity index (χ1v) is 6.47. The van der Waals surface area contributed by atoms with E-state index in [2.05, 4.69) is 10.6 Å². The van der Waals surface area contributed by atoms with E-state index < -0.39 is 18.5 Å². The van der Waals surface area contributed by atoms with Gasteiger partial charge in [-0.05, 0) is 6.42 Å². The SMILES string of the molecule is CNC(=O)c1c(NCCCC(F)(F)F)sc(C#N)c1N. The van der Waals surface area contributed by atoms with E-state index in [9.17, 15) is 18.0 Å². The second-order valence-corrected chi connectivity index (χ2v) is 4.91. The van der Waals surface area contributed by atoms with Crippen molar-refractivity contribution in [2.24, 2.45) is 0 Å². The highest BCUT2D eigenvalue weighted by Crippen LogP contribution is 2.35. The van der Waals surface area contributed by atoms with Gasteiger partial charge in [0.25, 0.3) is 5.91 Å². The zero-order valence-electron chi connectivity index (χ0n) is 10.6. The van der Waals surface area contributed by atoms with Gasteiger partial charge in [-0.3, -0.25) is 4.79 Å². The first-order chi connectivity index (χ1) is 9.30. The molecule has 0 atom stereocenters. The van der Waals surface area contributed by atoms with Crippen molar-refractivity contribution < 1.29 is 18.0 Å². The number of nitrogens with one attached hydrogen (secondary N) is 2. The Labute approximate surface area is 117 Å². The number of amides is 1. The molecule has 1 heterocycles. The first kappa shape index (κ1) is 16.1. The molecule has 0 spiro atoms. The lowest BCUT2D eigenvalue weighted by atomic mass is 10.2. The molecule has 4 N–H and O–H groups in total. The van der Waals surface area contributed by atoms with Crippen molar-refractivity contribution in [2.45, 2.75) is 19.0 Å². The monoisotopic (exact) mass is 306 g/mol. The topological polar surface area (TPSA) is 90.9 Å². The molecule has 0 fully saturated rings. The van der Waals surface area contributed by atoms with Crippen molar-refractivity contribution in [3.63, 3.8) is 0 Å². The summed E-state index contributed by atoms with van der Waals surface area (Å²) in [4.78, 5) is 11.8. The first-order valence-electron chi connectivity index (χ1n) is 5.65. The summed E-state index contributed by atoms with van der Waals surface area (Å²) in [6.45, 7) is 0.0360. The molecule has 0 saturated carbocycles. The number of alkyl halides is 3.